The third-order valence-corrected chi connectivity index (χ3v) is 7.83. The van der Waals surface area contributed by atoms with Crippen LogP contribution in [0.4, 0.5) is 8.78 Å². The SMILES string of the molecule is CCCCCCCCCC[C@H]1CC[C@H](c2ccc(-c3ccc(SC(F)F)cc3)cc2)CC1. The van der Waals surface area contributed by atoms with Crippen LogP contribution < -0.4 is 0 Å². The van der Waals surface area contributed by atoms with Gasteiger partial charge in [0.1, 0.15) is 0 Å². The molecule has 0 spiro atoms. The summed E-state index contributed by atoms with van der Waals surface area (Å²) in [5.74, 6) is -0.727. The predicted molar refractivity (Wildman–Crippen MR) is 136 cm³/mol. The summed E-state index contributed by atoms with van der Waals surface area (Å²) in [6.07, 6.45) is 18.1. The quantitative estimate of drug-likeness (QED) is 0.212. The lowest BCUT2D eigenvalue weighted by molar-refractivity contribution is 0.252. The number of hydrogen-bond acceptors (Lipinski definition) is 1. The van der Waals surface area contributed by atoms with Gasteiger partial charge in [0.15, 0.2) is 0 Å². The van der Waals surface area contributed by atoms with Crippen molar-refractivity contribution in [1.29, 1.82) is 0 Å². The van der Waals surface area contributed by atoms with Crippen molar-refractivity contribution in [3.8, 4) is 11.1 Å². The highest BCUT2D eigenvalue weighted by molar-refractivity contribution is 7.99. The van der Waals surface area contributed by atoms with E-state index in [1.807, 2.05) is 12.1 Å². The normalized spacial score (nSPS) is 18.9. The van der Waals surface area contributed by atoms with Gasteiger partial charge >= 0.3 is 0 Å². The van der Waals surface area contributed by atoms with Crippen molar-refractivity contribution in [3.05, 3.63) is 54.1 Å². The molecule has 1 fully saturated rings. The molecule has 2 aromatic rings. The van der Waals surface area contributed by atoms with E-state index >= 15 is 0 Å². The lowest BCUT2D eigenvalue weighted by Crippen LogP contribution is -2.13. The minimum Gasteiger partial charge on any atom is -0.198 e. The second-order valence-electron chi connectivity index (χ2n) is 9.51. The molecule has 0 heterocycles. The lowest BCUT2D eigenvalue weighted by atomic mass is 9.77. The lowest BCUT2D eigenvalue weighted by Gasteiger charge is -2.29. The number of unbranched alkanes of at least 4 members (excludes halogenated alkanes) is 7. The van der Waals surface area contributed by atoms with E-state index in [2.05, 4.69) is 31.2 Å². The third-order valence-electron chi connectivity index (χ3n) is 7.11. The van der Waals surface area contributed by atoms with E-state index < -0.39 is 5.76 Å². The van der Waals surface area contributed by atoms with E-state index in [-0.39, 0.29) is 0 Å². The second kappa shape index (κ2) is 14.0. The third kappa shape index (κ3) is 8.54. The molecule has 0 atom stereocenters. The molecule has 0 aliphatic heterocycles. The molecule has 0 nitrogen and oxygen atoms in total. The van der Waals surface area contributed by atoms with E-state index in [0.717, 1.165) is 17.0 Å². The summed E-state index contributed by atoms with van der Waals surface area (Å²) in [6.45, 7) is 2.28. The Morgan fingerprint density at radius 3 is 1.81 bits per heavy atom. The summed E-state index contributed by atoms with van der Waals surface area (Å²) in [4.78, 5) is 0.615. The summed E-state index contributed by atoms with van der Waals surface area (Å²) in [7, 11) is 0. The largest absolute Gasteiger partial charge is 0.288 e. The molecule has 0 N–H and O–H groups in total. The number of thioether (sulfide) groups is 1. The molecule has 176 valence electrons. The minimum atomic E-state index is -2.37. The van der Waals surface area contributed by atoms with Gasteiger partial charge < -0.3 is 0 Å². The van der Waals surface area contributed by atoms with Gasteiger partial charge in [0.25, 0.3) is 5.76 Å². The van der Waals surface area contributed by atoms with Crippen LogP contribution in [0.3, 0.4) is 0 Å². The van der Waals surface area contributed by atoms with Crippen LogP contribution >= 0.6 is 11.8 Å². The van der Waals surface area contributed by atoms with Gasteiger partial charge in [-0.2, -0.15) is 8.78 Å². The van der Waals surface area contributed by atoms with Crippen LogP contribution in [0.25, 0.3) is 11.1 Å². The maximum absolute atomic E-state index is 12.5. The molecule has 3 heteroatoms. The van der Waals surface area contributed by atoms with E-state index in [9.17, 15) is 8.78 Å². The molecule has 1 aliphatic rings. The highest BCUT2D eigenvalue weighted by Gasteiger charge is 2.22. The zero-order valence-electron chi connectivity index (χ0n) is 19.7. The van der Waals surface area contributed by atoms with Crippen LogP contribution in [-0.4, -0.2) is 5.76 Å². The van der Waals surface area contributed by atoms with Crippen LogP contribution in [0.1, 0.15) is 102 Å². The highest BCUT2D eigenvalue weighted by Crippen LogP contribution is 2.38. The number of hydrogen-bond donors (Lipinski definition) is 0. The van der Waals surface area contributed by atoms with E-state index in [0.29, 0.717) is 22.6 Å². The molecule has 0 amide bonds. The Kier molecular flexibility index (Phi) is 11.1. The van der Waals surface area contributed by atoms with Crippen molar-refractivity contribution < 1.29 is 8.78 Å². The molecule has 0 radical (unpaired) electrons. The number of alkyl halides is 2. The number of rotatable bonds is 13. The van der Waals surface area contributed by atoms with Gasteiger partial charge in [-0.3, -0.25) is 0 Å². The number of benzene rings is 2. The fraction of sp³-hybridized carbons (Fsp3) is 0.586. The van der Waals surface area contributed by atoms with Gasteiger partial charge in [0, 0.05) is 4.90 Å². The Balaban J connectivity index is 1.37. The number of halogens is 2. The molecule has 0 bridgehead atoms. The predicted octanol–water partition coefficient (Wildman–Crippen LogP) is 10.5. The van der Waals surface area contributed by atoms with Crippen molar-refractivity contribution in [2.45, 2.75) is 107 Å². The Labute approximate surface area is 198 Å². The molecule has 32 heavy (non-hydrogen) atoms. The first kappa shape index (κ1) is 25.3. The average molecular weight is 459 g/mol. The molecular weight excluding hydrogens is 418 g/mol. The first-order chi connectivity index (χ1) is 15.7. The first-order valence-electron chi connectivity index (χ1n) is 12.8. The highest BCUT2D eigenvalue weighted by atomic mass is 32.2. The molecule has 0 unspecified atom stereocenters. The van der Waals surface area contributed by atoms with Gasteiger partial charge in [0.05, 0.1) is 0 Å². The smallest absolute Gasteiger partial charge is 0.198 e. The van der Waals surface area contributed by atoms with E-state index in [4.69, 9.17) is 0 Å². The van der Waals surface area contributed by atoms with E-state index in [1.54, 1.807) is 12.1 Å². The van der Waals surface area contributed by atoms with Crippen LogP contribution in [0.15, 0.2) is 53.4 Å². The molecular formula is C29H40F2S. The van der Waals surface area contributed by atoms with Gasteiger partial charge in [0.2, 0.25) is 0 Å². The van der Waals surface area contributed by atoms with Crippen molar-refractivity contribution in [1.82, 2.24) is 0 Å². The Morgan fingerprint density at radius 1 is 0.719 bits per heavy atom. The van der Waals surface area contributed by atoms with Crippen LogP contribution in [0, 0.1) is 5.92 Å². The van der Waals surface area contributed by atoms with Gasteiger partial charge in [-0.25, -0.2) is 0 Å². The van der Waals surface area contributed by atoms with Gasteiger partial charge in [-0.1, -0.05) is 113 Å². The maximum atomic E-state index is 12.5. The zero-order chi connectivity index (χ0) is 22.6. The average Bonchev–Trinajstić information content (AvgIpc) is 2.81. The minimum absolute atomic E-state index is 0.601. The molecule has 2 aromatic carbocycles. The summed E-state index contributed by atoms with van der Waals surface area (Å²) < 4.78 is 25.0. The standard InChI is InChI=1S/C29H40F2S/c1-2-3-4-5-6-7-8-9-10-23-11-13-24(14-12-23)25-15-17-26(18-16-25)27-19-21-28(22-20-27)32-29(30)31/h15-24,29H,2-14H2,1H3/t23-,24-. The fourth-order valence-corrected chi connectivity index (χ4v) is 5.63. The summed E-state index contributed by atoms with van der Waals surface area (Å²) in [5.41, 5.74) is 3.71. The molecule has 3 rings (SSSR count). The topological polar surface area (TPSA) is 0 Å². The summed E-state index contributed by atoms with van der Waals surface area (Å²) in [5, 5.41) is 0. The van der Waals surface area contributed by atoms with Gasteiger partial charge in [-0.15, -0.1) is 0 Å². The van der Waals surface area contributed by atoms with Crippen molar-refractivity contribution >= 4 is 11.8 Å². The fourth-order valence-electron chi connectivity index (χ4n) is 5.13. The molecule has 0 saturated heterocycles. The van der Waals surface area contributed by atoms with Crippen LogP contribution in [0.2, 0.25) is 0 Å². The summed E-state index contributed by atoms with van der Waals surface area (Å²) in [6, 6.07) is 16.4. The Bertz CT molecular complexity index is 746. The zero-order valence-corrected chi connectivity index (χ0v) is 20.5. The molecule has 0 aromatic heterocycles. The Hall–Kier alpha value is -1.35. The molecule has 1 aliphatic carbocycles. The van der Waals surface area contributed by atoms with Crippen molar-refractivity contribution in [2.24, 2.45) is 5.92 Å². The van der Waals surface area contributed by atoms with Gasteiger partial charge in [-0.05, 0) is 66.3 Å². The van der Waals surface area contributed by atoms with Crippen LogP contribution in [-0.2, 0) is 0 Å². The van der Waals surface area contributed by atoms with Crippen LogP contribution in [0.5, 0.6) is 0 Å². The second-order valence-corrected chi connectivity index (χ2v) is 10.6. The van der Waals surface area contributed by atoms with Crippen molar-refractivity contribution in [2.75, 3.05) is 0 Å². The Morgan fingerprint density at radius 2 is 1.25 bits per heavy atom. The monoisotopic (exact) mass is 458 g/mol. The first-order valence-corrected chi connectivity index (χ1v) is 13.7. The maximum Gasteiger partial charge on any atom is 0.288 e. The van der Waals surface area contributed by atoms with Crippen molar-refractivity contribution in [3.63, 3.8) is 0 Å². The summed E-state index contributed by atoms with van der Waals surface area (Å²) >= 11 is 0.601. The van der Waals surface area contributed by atoms with E-state index in [1.165, 1.54) is 89.0 Å². The molecule has 1 saturated carbocycles.